The molecule has 152 valence electrons. The standard InChI is InChI=1S/C18H23N9OS/c1-29(19,28)14-9-7-13(8-10-14)22-18-20-11-15(17-24-26-27-25-17)16(23-18)21-12-5-3-2-4-6-12/h7-12H,1-6H2,(H2,19,28)(H2,20,21,22,23)(H,24,25,26,27). The smallest absolute Gasteiger partial charge is 0.229 e. The molecule has 0 amide bonds. The Morgan fingerprint density at radius 2 is 1.93 bits per heavy atom. The zero-order chi connectivity index (χ0) is 20.3. The third-order valence-corrected chi connectivity index (χ3v) is 5.90. The molecule has 10 nitrogen and oxygen atoms in total. The lowest BCUT2D eigenvalue weighted by molar-refractivity contribution is 0.462. The Morgan fingerprint density at radius 1 is 1.17 bits per heavy atom. The molecule has 1 saturated carbocycles. The molecule has 3 aromatic rings. The number of nitrogens with two attached hydrogens (primary N) is 1. The van der Waals surface area contributed by atoms with Crippen LogP contribution in [0, 0.1) is 0 Å². The molecule has 11 heteroatoms. The van der Waals surface area contributed by atoms with Crippen molar-refractivity contribution in [2.24, 2.45) is 5.14 Å². The SMILES string of the molecule is C=S(N)(=O)c1ccc(Nc2ncc(-c3nn[nH]n3)c(NC3CCCCC3)n2)cc1. The van der Waals surface area contributed by atoms with E-state index in [0.29, 0.717) is 34.1 Å². The molecule has 0 spiro atoms. The van der Waals surface area contributed by atoms with Gasteiger partial charge in [0.1, 0.15) is 5.82 Å². The Hall–Kier alpha value is -3.05. The topological polar surface area (TPSA) is 147 Å². The van der Waals surface area contributed by atoms with Crippen LogP contribution in [0.25, 0.3) is 11.4 Å². The molecular weight excluding hydrogens is 390 g/mol. The molecule has 0 aliphatic heterocycles. The maximum atomic E-state index is 11.8. The number of anilines is 3. The molecule has 0 bridgehead atoms. The van der Waals surface area contributed by atoms with Gasteiger partial charge in [-0.2, -0.15) is 10.2 Å². The molecule has 0 radical (unpaired) electrons. The first-order chi connectivity index (χ1) is 14.0. The highest BCUT2D eigenvalue weighted by atomic mass is 32.2. The minimum Gasteiger partial charge on any atom is -0.367 e. The average molecular weight is 414 g/mol. The van der Waals surface area contributed by atoms with Gasteiger partial charge in [0.15, 0.2) is 0 Å². The first kappa shape index (κ1) is 19.3. The van der Waals surface area contributed by atoms with Crippen LogP contribution in [0.1, 0.15) is 32.1 Å². The van der Waals surface area contributed by atoms with Crippen LogP contribution < -0.4 is 15.8 Å². The lowest BCUT2D eigenvalue weighted by Gasteiger charge is -2.24. The molecular formula is C18H23N9OS. The highest BCUT2D eigenvalue weighted by molar-refractivity contribution is 7.98. The molecule has 1 fully saturated rings. The fourth-order valence-electron chi connectivity index (χ4n) is 3.33. The molecule has 0 saturated heterocycles. The summed E-state index contributed by atoms with van der Waals surface area (Å²) in [5, 5.41) is 26.4. The minimum absolute atomic E-state index is 0.353. The number of hydrogen-bond acceptors (Lipinski definition) is 8. The van der Waals surface area contributed by atoms with Gasteiger partial charge < -0.3 is 10.6 Å². The minimum atomic E-state index is -2.74. The number of H-pyrrole nitrogens is 1. The molecule has 5 N–H and O–H groups in total. The second-order valence-electron chi connectivity index (χ2n) is 7.05. The number of nitrogens with one attached hydrogen (secondary N) is 3. The molecule has 2 heterocycles. The highest BCUT2D eigenvalue weighted by Crippen LogP contribution is 2.28. The first-order valence-electron chi connectivity index (χ1n) is 9.38. The Kier molecular flexibility index (Phi) is 5.41. The zero-order valence-electron chi connectivity index (χ0n) is 15.8. The Morgan fingerprint density at radius 3 is 2.59 bits per heavy atom. The maximum Gasteiger partial charge on any atom is 0.229 e. The van der Waals surface area contributed by atoms with E-state index in [9.17, 15) is 4.21 Å². The van der Waals surface area contributed by atoms with Crippen molar-refractivity contribution in [1.29, 1.82) is 0 Å². The van der Waals surface area contributed by atoms with E-state index < -0.39 is 9.71 Å². The number of hydrogen-bond donors (Lipinski definition) is 4. The first-order valence-corrected chi connectivity index (χ1v) is 11.2. The summed E-state index contributed by atoms with van der Waals surface area (Å²) < 4.78 is 11.8. The monoisotopic (exact) mass is 413 g/mol. The molecule has 1 atom stereocenters. The van der Waals surface area contributed by atoms with Crippen LogP contribution in [0.2, 0.25) is 0 Å². The van der Waals surface area contributed by atoms with E-state index >= 15 is 0 Å². The van der Waals surface area contributed by atoms with Crippen molar-refractivity contribution in [3.8, 4) is 11.4 Å². The number of benzene rings is 1. The van der Waals surface area contributed by atoms with Gasteiger partial charge in [0.05, 0.1) is 15.3 Å². The summed E-state index contributed by atoms with van der Waals surface area (Å²) in [7, 11) is -2.74. The summed E-state index contributed by atoms with van der Waals surface area (Å²) in [6.45, 7) is 0. The van der Waals surface area contributed by atoms with E-state index in [2.05, 4.69) is 47.1 Å². The fourth-order valence-corrected chi connectivity index (χ4v) is 3.93. The van der Waals surface area contributed by atoms with Gasteiger partial charge in [-0.15, -0.1) is 10.2 Å². The summed E-state index contributed by atoms with van der Waals surface area (Å²) in [5.41, 5.74) is 1.43. The number of aromatic nitrogens is 6. The van der Waals surface area contributed by atoms with Gasteiger partial charge in [-0.25, -0.2) is 9.19 Å². The normalized spacial score (nSPS) is 16.9. The van der Waals surface area contributed by atoms with Crippen molar-refractivity contribution >= 4 is 33.0 Å². The van der Waals surface area contributed by atoms with Gasteiger partial charge in [0.25, 0.3) is 0 Å². The maximum absolute atomic E-state index is 11.8. The van der Waals surface area contributed by atoms with Gasteiger partial charge in [-0.05, 0) is 48.2 Å². The van der Waals surface area contributed by atoms with Crippen molar-refractivity contribution in [1.82, 2.24) is 30.6 Å². The summed E-state index contributed by atoms with van der Waals surface area (Å²) in [5.74, 6) is 5.01. The lowest BCUT2D eigenvalue weighted by Crippen LogP contribution is -2.23. The third kappa shape index (κ3) is 4.69. The van der Waals surface area contributed by atoms with E-state index in [4.69, 9.17) is 5.14 Å². The van der Waals surface area contributed by atoms with E-state index in [1.165, 1.54) is 19.3 Å². The predicted octanol–water partition coefficient (Wildman–Crippen LogP) is 2.09. The van der Waals surface area contributed by atoms with Crippen molar-refractivity contribution in [2.45, 2.75) is 43.0 Å². The van der Waals surface area contributed by atoms with Gasteiger partial charge in [-0.1, -0.05) is 19.3 Å². The molecule has 2 aromatic heterocycles. The average Bonchev–Trinajstić information content (AvgIpc) is 3.23. The number of rotatable bonds is 6. The number of aromatic amines is 1. The van der Waals surface area contributed by atoms with E-state index in [1.807, 2.05) is 0 Å². The summed E-state index contributed by atoms with van der Waals surface area (Å²) in [6.07, 6.45) is 7.54. The van der Waals surface area contributed by atoms with Crippen LogP contribution in [0.15, 0.2) is 35.4 Å². The van der Waals surface area contributed by atoms with Crippen molar-refractivity contribution < 1.29 is 4.21 Å². The summed E-state index contributed by atoms with van der Waals surface area (Å²) >= 11 is 0. The van der Waals surface area contributed by atoms with E-state index in [1.54, 1.807) is 30.5 Å². The van der Waals surface area contributed by atoms with Crippen LogP contribution in [-0.4, -0.2) is 46.7 Å². The highest BCUT2D eigenvalue weighted by Gasteiger charge is 2.19. The quantitative estimate of drug-likeness (QED) is 0.449. The number of tetrazole rings is 1. The fraction of sp³-hybridized carbons (Fsp3) is 0.333. The Labute approximate surface area is 168 Å². The summed E-state index contributed by atoms with van der Waals surface area (Å²) in [6, 6.07) is 7.22. The summed E-state index contributed by atoms with van der Waals surface area (Å²) in [4.78, 5) is 9.50. The lowest BCUT2D eigenvalue weighted by atomic mass is 9.95. The van der Waals surface area contributed by atoms with Gasteiger partial charge in [0, 0.05) is 22.8 Å². The predicted molar refractivity (Wildman–Crippen MR) is 113 cm³/mol. The van der Waals surface area contributed by atoms with Gasteiger partial charge in [0.2, 0.25) is 11.8 Å². The molecule has 1 aliphatic carbocycles. The second kappa shape index (κ2) is 8.13. The van der Waals surface area contributed by atoms with Crippen LogP contribution in [-0.2, 0) is 9.71 Å². The number of nitrogens with zero attached hydrogens (tertiary/aromatic N) is 5. The van der Waals surface area contributed by atoms with Crippen molar-refractivity contribution in [2.75, 3.05) is 10.6 Å². The Bertz CT molecular complexity index is 1060. The molecule has 1 aliphatic rings. The molecule has 29 heavy (non-hydrogen) atoms. The third-order valence-electron chi connectivity index (χ3n) is 4.83. The van der Waals surface area contributed by atoms with Crippen LogP contribution in [0.3, 0.4) is 0 Å². The van der Waals surface area contributed by atoms with Gasteiger partial charge in [-0.3, -0.25) is 5.14 Å². The van der Waals surface area contributed by atoms with Crippen molar-refractivity contribution in [3.63, 3.8) is 0 Å². The second-order valence-corrected chi connectivity index (χ2v) is 8.97. The molecule has 4 rings (SSSR count). The largest absolute Gasteiger partial charge is 0.367 e. The zero-order valence-corrected chi connectivity index (χ0v) is 16.7. The van der Waals surface area contributed by atoms with Crippen LogP contribution >= 0.6 is 0 Å². The van der Waals surface area contributed by atoms with Crippen LogP contribution in [0.5, 0.6) is 0 Å². The molecule has 1 aromatic carbocycles. The Balaban J connectivity index is 1.59. The molecule has 1 unspecified atom stereocenters. The van der Waals surface area contributed by atoms with Gasteiger partial charge >= 0.3 is 0 Å². The van der Waals surface area contributed by atoms with E-state index in [0.717, 1.165) is 18.5 Å². The van der Waals surface area contributed by atoms with Crippen LogP contribution in [0.4, 0.5) is 17.5 Å². The van der Waals surface area contributed by atoms with Crippen molar-refractivity contribution in [3.05, 3.63) is 30.5 Å². The van der Waals surface area contributed by atoms with E-state index in [-0.39, 0.29) is 0 Å².